The van der Waals surface area contributed by atoms with E-state index in [-0.39, 0.29) is 6.79 Å². The maximum absolute atomic E-state index is 12.1. The molecule has 0 aromatic heterocycles. The zero-order valence-electron chi connectivity index (χ0n) is 13.5. The number of benzene rings is 3. The van der Waals surface area contributed by atoms with Crippen LogP contribution in [0.3, 0.4) is 0 Å². The van der Waals surface area contributed by atoms with Gasteiger partial charge in [-0.1, -0.05) is 42.5 Å². The molecule has 0 aliphatic carbocycles. The molecule has 2 unspecified atom stereocenters. The van der Waals surface area contributed by atoms with Crippen LogP contribution in [0.1, 0.15) is 10.4 Å². The summed E-state index contributed by atoms with van der Waals surface area (Å²) >= 11 is 0. The largest absolute Gasteiger partial charge is 0.457 e. The molecule has 3 nitrogen and oxygen atoms in total. The minimum atomic E-state index is -0.408. The topological polar surface area (TPSA) is 35.5 Å². The second-order valence-electron chi connectivity index (χ2n) is 5.47. The zero-order valence-corrected chi connectivity index (χ0v) is 15.8. The molecule has 0 aliphatic rings. The summed E-state index contributed by atoms with van der Waals surface area (Å²) in [4.78, 5) is 12.1. The highest BCUT2D eigenvalue weighted by Gasteiger charge is 2.08. The van der Waals surface area contributed by atoms with E-state index in [0.29, 0.717) is 11.3 Å². The summed E-state index contributed by atoms with van der Waals surface area (Å²) in [7, 11) is 5.14. The molecule has 0 saturated heterocycles. The number of rotatable bonds is 5. The lowest BCUT2D eigenvalue weighted by atomic mass is 10.1. The molecular formula is C20H18O3P2. The first kappa shape index (κ1) is 17.6. The summed E-state index contributed by atoms with van der Waals surface area (Å²) in [6.45, 7) is -0.128. The molecule has 3 aromatic rings. The van der Waals surface area contributed by atoms with Crippen LogP contribution in [0.25, 0.3) is 11.1 Å². The van der Waals surface area contributed by atoms with Gasteiger partial charge < -0.3 is 9.47 Å². The van der Waals surface area contributed by atoms with Crippen LogP contribution in [0.5, 0.6) is 5.75 Å². The maximum Gasteiger partial charge on any atom is 0.341 e. The minimum absolute atomic E-state index is 0.128. The van der Waals surface area contributed by atoms with E-state index in [0.717, 1.165) is 21.7 Å². The van der Waals surface area contributed by atoms with E-state index >= 15 is 0 Å². The van der Waals surface area contributed by atoms with E-state index < -0.39 is 5.97 Å². The third kappa shape index (κ3) is 4.89. The first-order valence-electron chi connectivity index (χ1n) is 7.73. The number of carbonyl (C=O) groups is 1. The van der Waals surface area contributed by atoms with Crippen molar-refractivity contribution in [3.8, 4) is 16.9 Å². The maximum atomic E-state index is 12.1. The predicted octanol–water partition coefficient (Wildman–Crippen LogP) is 3.55. The van der Waals surface area contributed by atoms with Gasteiger partial charge in [0.15, 0.2) is 0 Å². The van der Waals surface area contributed by atoms with Crippen molar-refractivity contribution in [1.29, 1.82) is 0 Å². The summed E-state index contributed by atoms with van der Waals surface area (Å²) in [6, 6.07) is 23.2. The van der Waals surface area contributed by atoms with Gasteiger partial charge in [0, 0.05) is 0 Å². The van der Waals surface area contributed by atoms with E-state index in [1.165, 1.54) is 0 Å². The van der Waals surface area contributed by atoms with Gasteiger partial charge >= 0.3 is 5.97 Å². The summed E-state index contributed by atoms with van der Waals surface area (Å²) in [5.74, 6) is 0.243. The smallest absolute Gasteiger partial charge is 0.341 e. The average Bonchev–Trinajstić information content (AvgIpc) is 2.62. The second-order valence-corrected chi connectivity index (χ2v) is 6.81. The Morgan fingerprint density at radius 2 is 1.40 bits per heavy atom. The van der Waals surface area contributed by atoms with Gasteiger partial charge in [-0.15, -0.1) is 18.5 Å². The number of hydrogen-bond acceptors (Lipinski definition) is 3. The van der Waals surface area contributed by atoms with Gasteiger partial charge in [-0.05, 0) is 52.1 Å². The molecule has 0 saturated carbocycles. The van der Waals surface area contributed by atoms with Crippen LogP contribution in [0, 0.1) is 0 Å². The molecule has 0 N–H and O–H groups in total. The molecule has 25 heavy (non-hydrogen) atoms. The zero-order chi connectivity index (χ0) is 17.6. The standard InChI is InChI=1S/C20H18O3P2/c21-20(16-10-18(24)12-19(25)11-16)23-13-22-17-8-6-15(7-9-17)14-4-2-1-3-5-14/h1-12H,13,24-25H2. The van der Waals surface area contributed by atoms with Gasteiger partial charge in [0.05, 0.1) is 5.56 Å². The predicted molar refractivity (Wildman–Crippen MR) is 108 cm³/mol. The molecule has 3 aromatic carbocycles. The Morgan fingerprint density at radius 3 is 2.04 bits per heavy atom. The molecule has 0 spiro atoms. The Hall–Kier alpha value is -2.21. The van der Waals surface area contributed by atoms with Gasteiger partial charge in [-0.25, -0.2) is 4.79 Å². The monoisotopic (exact) mass is 368 g/mol. The van der Waals surface area contributed by atoms with Crippen LogP contribution in [0.4, 0.5) is 0 Å². The van der Waals surface area contributed by atoms with Crippen molar-refractivity contribution in [1.82, 2.24) is 0 Å². The van der Waals surface area contributed by atoms with E-state index in [4.69, 9.17) is 9.47 Å². The Balaban J connectivity index is 1.56. The lowest BCUT2D eigenvalue weighted by Crippen LogP contribution is -2.14. The van der Waals surface area contributed by atoms with Crippen molar-refractivity contribution in [3.05, 3.63) is 78.4 Å². The van der Waals surface area contributed by atoms with Crippen molar-refractivity contribution in [3.63, 3.8) is 0 Å². The lowest BCUT2D eigenvalue weighted by molar-refractivity contribution is 0.0154. The van der Waals surface area contributed by atoms with E-state index in [1.54, 1.807) is 12.1 Å². The molecule has 0 bridgehead atoms. The average molecular weight is 368 g/mol. The van der Waals surface area contributed by atoms with Crippen molar-refractivity contribution in [2.24, 2.45) is 0 Å². The minimum Gasteiger partial charge on any atom is -0.457 e. The molecule has 0 aliphatic heterocycles. The quantitative estimate of drug-likeness (QED) is 0.393. The van der Waals surface area contributed by atoms with Crippen molar-refractivity contribution in [2.75, 3.05) is 6.79 Å². The fourth-order valence-electron chi connectivity index (χ4n) is 2.40. The van der Waals surface area contributed by atoms with Crippen LogP contribution in [0.2, 0.25) is 0 Å². The highest BCUT2D eigenvalue weighted by atomic mass is 31.0. The Bertz CT molecular complexity index is 842. The summed E-state index contributed by atoms with van der Waals surface area (Å²) in [5.41, 5.74) is 2.75. The molecule has 3 rings (SSSR count). The summed E-state index contributed by atoms with van der Waals surface area (Å²) in [5, 5.41) is 1.86. The normalized spacial score (nSPS) is 10.3. The molecule has 5 heteroatoms. The van der Waals surface area contributed by atoms with Gasteiger partial charge in [-0.2, -0.15) is 0 Å². The van der Waals surface area contributed by atoms with Crippen LogP contribution >= 0.6 is 18.5 Å². The summed E-state index contributed by atoms with van der Waals surface area (Å²) in [6.07, 6.45) is 0. The van der Waals surface area contributed by atoms with Crippen LogP contribution in [-0.2, 0) is 4.74 Å². The molecule has 0 heterocycles. The Morgan fingerprint density at radius 1 is 0.800 bits per heavy atom. The number of hydrogen-bond donors (Lipinski definition) is 0. The van der Waals surface area contributed by atoms with Crippen molar-refractivity contribution >= 4 is 35.1 Å². The van der Waals surface area contributed by atoms with Crippen molar-refractivity contribution < 1.29 is 14.3 Å². The number of carbonyl (C=O) groups excluding carboxylic acids is 1. The lowest BCUT2D eigenvalue weighted by Gasteiger charge is -2.09. The van der Waals surface area contributed by atoms with Crippen LogP contribution in [-0.4, -0.2) is 12.8 Å². The highest BCUT2D eigenvalue weighted by Crippen LogP contribution is 2.22. The van der Waals surface area contributed by atoms with Gasteiger partial charge in [-0.3, -0.25) is 0 Å². The fraction of sp³-hybridized carbons (Fsp3) is 0.0500. The highest BCUT2D eigenvalue weighted by molar-refractivity contribution is 7.29. The third-order valence-corrected chi connectivity index (χ3v) is 4.26. The Kier molecular flexibility index (Phi) is 5.81. The first-order chi connectivity index (χ1) is 12.1. The third-order valence-electron chi connectivity index (χ3n) is 3.59. The number of esters is 1. The molecule has 2 atom stereocenters. The van der Waals surface area contributed by atoms with Crippen LogP contribution in [0.15, 0.2) is 72.8 Å². The Labute approximate surface area is 151 Å². The summed E-state index contributed by atoms with van der Waals surface area (Å²) < 4.78 is 10.7. The van der Waals surface area contributed by atoms with Crippen molar-refractivity contribution in [2.45, 2.75) is 0 Å². The van der Waals surface area contributed by atoms with Crippen LogP contribution < -0.4 is 15.3 Å². The van der Waals surface area contributed by atoms with Gasteiger partial charge in [0.2, 0.25) is 6.79 Å². The molecule has 126 valence electrons. The SMILES string of the molecule is O=C(OCOc1ccc(-c2ccccc2)cc1)c1cc(P)cc(P)c1. The van der Waals surface area contributed by atoms with E-state index in [1.807, 2.05) is 48.5 Å². The van der Waals surface area contributed by atoms with Gasteiger partial charge in [0.25, 0.3) is 0 Å². The van der Waals surface area contributed by atoms with E-state index in [2.05, 4.69) is 30.6 Å². The fourth-order valence-corrected chi connectivity index (χ4v) is 3.34. The second kappa shape index (κ2) is 8.25. The molecule has 0 amide bonds. The van der Waals surface area contributed by atoms with Gasteiger partial charge in [0.1, 0.15) is 5.75 Å². The van der Waals surface area contributed by atoms with E-state index in [9.17, 15) is 4.79 Å². The molecule has 0 fully saturated rings. The number of ether oxygens (including phenoxy) is 2. The molecule has 0 radical (unpaired) electrons. The first-order valence-corrected chi connectivity index (χ1v) is 8.89. The molecular weight excluding hydrogens is 350 g/mol.